The number of nitrogens with one attached hydrogen (secondary N) is 1. The third-order valence-corrected chi connectivity index (χ3v) is 7.22. The summed E-state index contributed by atoms with van der Waals surface area (Å²) >= 11 is 0.802. The van der Waals surface area contributed by atoms with Gasteiger partial charge >= 0.3 is 0 Å². The van der Waals surface area contributed by atoms with E-state index in [1.165, 1.54) is 14.2 Å². The number of para-hydroxylation sites is 1. The smallest absolute Gasteiger partial charge is 0.272 e. The summed E-state index contributed by atoms with van der Waals surface area (Å²) in [6.45, 7) is 1.93. The van der Waals surface area contributed by atoms with Crippen LogP contribution < -0.4 is 10.1 Å². The molecule has 0 saturated heterocycles. The van der Waals surface area contributed by atoms with E-state index in [9.17, 15) is 13.2 Å². The normalized spacial score (nSPS) is 11.4. The largest absolute Gasteiger partial charge is 0.496 e. The van der Waals surface area contributed by atoms with Gasteiger partial charge in [0.1, 0.15) is 5.75 Å². The Bertz CT molecular complexity index is 1130. The molecule has 0 aliphatic heterocycles. The Hall–Kier alpha value is -2.82. The summed E-state index contributed by atoms with van der Waals surface area (Å²) in [5.74, 6) is 0.226. The third-order valence-electron chi connectivity index (χ3n) is 4.23. The van der Waals surface area contributed by atoms with E-state index in [0.29, 0.717) is 11.3 Å². The second kappa shape index (κ2) is 8.68. The summed E-state index contributed by atoms with van der Waals surface area (Å²) < 4.78 is 31.9. The van der Waals surface area contributed by atoms with E-state index in [4.69, 9.17) is 4.74 Å². The number of amides is 1. The number of methoxy groups -OCH3 is 1. The van der Waals surface area contributed by atoms with Crippen molar-refractivity contribution in [3.8, 4) is 5.75 Å². The van der Waals surface area contributed by atoms with E-state index < -0.39 is 10.0 Å². The predicted molar refractivity (Wildman–Crippen MR) is 111 cm³/mol. The van der Waals surface area contributed by atoms with Gasteiger partial charge in [-0.15, -0.1) is 10.2 Å². The minimum Gasteiger partial charge on any atom is -0.496 e. The molecule has 0 spiro atoms. The Morgan fingerprint density at radius 3 is 2.55 bits per heavy atom. The summed E-state index contributed by atoms with van der Waals surface area (Å²) in [6, 6.07) is 14.3. The molecule has 152 valence electrons. The average molecular weight is 433 g/mol. The Labute approximate surface area is 173 Å². The Balaban J connectivity index is 1.76. The van der Waals surface area contributed by atoms with Crippen molar-refractivity contribution in [1.29, 1.82) is 0 Å². The minimum atomic E-state index is -3.88. The third kappa shape index (κ3) is 4.61. The quantitative estimate of drug-likeness (QED) is 0.576. The van der Waals surface area contributed by atoms with Crippen molar-refractivity contribution in [2.24, 2.45) is 0 Å². The van der Waals surface area contributed by atoms with Gasteiger partial charge in [-0.1, -0.05) is 47.7 Å². The van der Waals surface area contributed by atoms with Gasteiger partial charge in [0.05, 0.1) is 7.11 Å². The highest BCUT2D eigenvalue weighted by Crippen LogP contribution is 2.26. The first-order chi connectivity index (χ1) is 13.8. The molecule has 0 atom stereocenters. The first kappa shape index (κ1) is 20.9. The molecule has 29 heavy (non-hydrogen) atoms. The number of hydrogen-bond donors (Lipinski definition) is 1. The topological polar surface area (TPSA) is 101 Å². The lowest BCUT2D eigenvalue weighted by atomic mass is 10.1. The van der Waals surface area contributed by atoms with Crippen molar-refractivity contribution in [3.05, 3.63) is 65.2 Å². The molecule has 0 fully saturated rings. The van der Waals surface area contributed by atoms with Crippen LogP contribution >= 0.6 is 11.3 Å². The Kier molecular flexibility index (Phi) is 6.26. The molecule has 0 unspecified atom stereocenters. The highest BCUT2D eigenvalue weighted by Gasteiger charge is 2.27. The number of ether oxygens (including phenoxy) is 1. The highest BCUT2D eigenvalue weighted by atomic mass is 32.2. The Morgan fingerprint density at radius 1 is 1.14 bits per heavy atom. The highest BCUT2D eigenvalue weighted by molar-refractivity contribution is 7.91. The van der Waals surface area contributed by atoms with Crippen molar-refractivity contribution in [3.63, 3.8) is 0 Å². The minimum absolute atomic E-state index is 0.108. The molecule has 0 radical (unpaired) electrons. The predicted octanol–water partition coefficient (Wildman–Crippen LogP) is 2.93. The summed E-state index contributed by atoms with van der Waals surface area (Å²) in [6.07, 6.45) is 0. The second-order valence-electron chi connectivity index (χ2n) is 6.22. The van der Waals surface area contributed by atoms with Gasteiger partial charge in [-0.25, -0.2) is 8.42 Å². The van der Waals surface area contributed by atoms with Gasteiger partial charge in [0, 0.05) is 24.7 Å². The number of carbonyl (C=O) groups is 1. The standard InChI is InChI=1S/C19H20N4O4S2/c1-13-8-4-6-10-15(13)17(24)20-18-21-22-19(28-18)29(25,26)23(2)12-14-9-5-7-11-16(14)27-3/h4-11H,12H2,1-3H3,(H,20,21,24). The number of benzene rings is 2. The summed E-state index contributed by atoms with van der Waals surface area (Å²) in [4.78, 5) is 12.4. The van der Waals surface area contributed by atoms with Crippen molar-refractivity contribution in [2.75, 3.05) is 19.5 Å². The summed E-state index contributed by atoms with van der Waals surface area (Å²) in [7, 11) is -0.896. The average Bonchev–Trinajstić information content (AvgIpc) is 3.18. The first-order valence-corrected chi connectivity index (χ1v) is 10.9. The summed E-state index contributed by atoms with van der Waals surface area (Å²) in [5, 5.41) is 10.3. The van der Waals surface area contributed by atoms with Crippen molar-refractivity contribution >= 4 is 32.4 Å². The number of carbonyl (C=O) groups excluding carboxylic acids is 1. The zero-order valence-electron chi connectivity index (χ0n) is 16.1. The van der Waals surface area contributed by atoms with Crippen molar-refractivity contribution < 1.29 is 17.9 Å². The van der Waals surface area contributed by atoms with Gasteiger partial charge in [-0.2, -0.15) is 4.31 Å². The maximum atomic E-state index is 12.8. The van der Waals surface area contributed by atoms with Gasteiger partial charge in [-0.05, 0) is 24.6 Å². The number of aryl methyl sites for hydroxylation is 1. The second-order valence-corrected chi connectivity index (χ2v) is 9.41. The van der Waals surface area contributed by atoms with Gasteiger partial charge in [0.2, 0.25) is 9.47 Å². The van der Waals surface area contributed by atoms with Crippen LogP contribution in [0.2, 0.25) is 0 Å². The number of hydrogen-bond acceptors (Lipinski definition) is 7. The van der Waals surface area contributed by atoms with Gasteiger partial charge < -0.3 is 4.74 Å². The SMILES string of the molecule is COc1ccccc1CN(C)S(=O)(=O)c1nnc(NC(=O)c2ccccc2C)s1. The van der Waals surface area contributed by atoms with Crippen molar-refractivity contribution in [2.45, 2.75) is 17.8 Å². The lowest BCUT2D eigenvalue weighted by Crippen LogP contribution is -2.26. The summed E-state index contributed by atoms with van der Waals surface area (Å²) in [5.41, 5.74) is 2.01. The van der Waals surface area contributed by atoms with Crippen LogP contribution in [0.4, 0.5) is 5.13 Å². The van der Waals surface area contributed by atoms with Crippen LogP contribution in [0.3, 0.4) is 0 Å². The van der Waals surface area contributed by atoms with Gasteiger partial charge in [0.15, 0.2) is 0 Å². The van der Waals surface area contributed by atoms with Gasteiger partial charge in [-0.3, -0.25) is 10.1 Å². The first-order valence-electron chi connectivity index (χ1n) is 8.61. The molecule has 0 aliphatic rings. The number of sulfonamides is 1. The lowest BCUT2D eigenvalue weighted by molar-refractivity contribution is 0.102. The monoisotopic (exact) mass is 432 g/mol. The molecule has 8 nitrogen and oxygen atoms in total. The number of aromatic nitrogens is 2. The van der Waals surface area contributed by atoms with Crippen LogP contribution in [0.25, 0.3) is 0 Å². The fourth-order valence-corrected chi connectivity index (χ4v) is 4.88. The molecular formula is C19H20N4O4S2. The van der Waals surface area contributed by atoms with Crippen LogP contribution in [0.1, 0.15) is 21.5 Å². The lowest BCUT2D eigenvalue weighted by Gasteiger charge is -2.16. The zero-order valence-corrected chi connectivity index (χ0v) is 17.8. The van der Waals surface area contributed by atoms with E-state index in [-0.39, 0.29) is 21.9 Å². The van der Waals surface area contributed by atoms with Crippen LogP contribution in [0, 0.1) is 6.92 Å². The van der Waals surface area contributed by atoms with E-state index >= 15 is 0 Å². The molecule has 0 saturated carbocycles. The fraction of sp³-hybridized carbons (Fsp3) is 0.211. The molecule has 1 amide bonds. The maximum absolute atomic E-state index is 12.8. The van der Waals surface area contributed by atoms with Crippen LogP contribution in [0.5, 0.6) is 5.75 Å². The maximum Gasteiger partial charge on any atom is 0.272 e. The van der Waals surface area contributed by atoms with Crippen LogP contribution in [-0.4, -0.2) is 43.0 Å². The molecule has 10 heteroatoms. The van der Waals surface area contributed by atoms with E-state index in [1.807, 2.05) is 31.2 Å². The molecule has 0 aliphatic carbocycles. The zero-order chi connectivity index (χ0) is 21.0. The fourth-order valence-electron chi connectivity index (χ4n) is 2.65. The number of nitrogens with zero attached hydrogens (tertiary/aromatic N) is 3. The van der Waals surface area contributed by atoms with Crippen LogP contribution in [0.15, 0.2) is 52.9 Å². The molecule has 2 aromatic carbocycles. The molecule has 3 rings (SSSR count). The molecule has 1 heterocycles. The number of anilines is 1. The van der Waals surface area contributed by atoms with E-state index in [1.54, 1.807) is 24.3 Å². The molecule has 1 N–H and O–H groups in total. The van der Waals surface area contributed by atoms with Crippen molar-refractivity contribution in [1.82, 2.24) is 14.5 Å². The molecule has 0 bridgehead atoms. The number of rotatable bonds is 7. The molecule has 1 aromatic heterocycles. The Morgan fingerprint density at radius 2 is 1.83 bits per heavy atom. The van der Waals surface area contributed by atoms with E-state index in [2.05, 4.69) is 15.5 Å². The molecular weight excluding hydrogens is 412 g/mol. The van der Waals surface area contributed by atoms with Gasteiger partial charge in [0.25, 0.3) is 15.9 Å². The van der Waals surface area contributed by atoms with Crippen LogP contribution in [-0.2, 0) is 16.6 Å². The van der Waals surface area contributed by atoms with E-state index in [0.717, 1.165) is 26.8 Å². The molecule has 3 aromatic rings.